The van der Waals surface area contributed by atoms with Crippen molar-refractivity contribution in [2.45, 2.75) is 204 Å². The number of hydrazine groups is 1. The van der Waals surface area contributed by atoms with Crippen LogP contribution >= 0.6 is 11.6 Å². The van der Waals surface area contributed by atoms with Crippen molar-refractivity contribution in [2.24, 2.45) is 28.6 Å². The molecule has 1 aromatic rings. The summed E-state index contributed by atoms with van der Waals surface area (Å²) in [6.07, 6.45) is -2.50. The molecule has 3 heterocycles. The summed E-state index contributed by atoms with van der Waals surface area (Å²) in [5.74, 6) is 3.54. The number of rotatable bonds is 19. The first kappa shape index (κ1) is 63.6. The third-order valence-corrected chi connectivity index (χ3v) is 16.0. The van der Waals surface area contributed by atoms with Crippen molar-refractivity contribution >= 4 is 35.9 Å². The first-order valence-electron chi connectivity index (χ1n) is 26.3. The summed E-state index contributed by atoms with van der Waals surface area (Å²) in [6.45, 7) is 22.3. The summed E-state index contributed by atoms with van der Waals surface area (Å²) in [5, 5.41) is 40.4. The van der Waals surface area contributed by atoms with E-state index in [-0.39, 0.29) is 48.8 Å². The zero-order chi connectivity index (χ0) is 55.5. The number of halogens is 2. The molecule has 3 fully saturated rings. The van der Waals surface area contributed by atoms with Crippen LogP contribution in [0.3, 0.4) is 0 Å². The molecule has 0 spiro atoms. The average molecular weight is 1070 g/mol. The van der Waals surface area contributed by atoms with Gasteiger partial charge in [-0.2, -0.15) is 0 Å². The van der Waals surface area contributed by atoms with Crippen molar-refractivity contribution in [1.82, 2.24) is 14.8 Å². The molecule has 20 heteroatoms. The van der Waals surface area contributed by atoms with E-state index < -0.39 is 96.5 Å². The Bertz CT molecular complexity index is 1960. The van der Waals surface area contributed by atoms with E-state index in [0.29, 0.717) is 62.1 Å². The standard InChI is InChI=1S/C54H92ClFN6O12/c1-16-43-54(10,67)49(64)37(7)61(13)30-32(2)25-53(9,66)50(35(5)47(36(6)51(65)72-43)73-46-27-52(8,69-15)26-34(4)71-46)74-45-24-41(23-33(3)70-45)60(12)22-21-40(58-11)31-62(57)42(29-56)48(68-14)38-17-19-39(20-18-38)59-44(63)28-55/h17-20,31-37,41-43,45-50,64,66-67H,11,16,21-30,57H2,1-10,12-15H3,(H,59,63)/b40-31-/t32-,33-,34+,35+,36-,37-,41+,42-,43-,45+,46+,47+,48-,49-,50-,52+,53-,54-/m1/s1. The lowest BCUT2D eigenvalue weighted by Crippen LogP contribution is -2.59. The van der Waals surface area contributed by atoms with Gasteiger partial charge in [-0.1, -0.05) is 32.9 Å². The highest BCUT2D eigenvalue weighted by Crippen LogP contribution is 2.40. The Morgan fingerprint density at radius 3 is 2.27 bits per heavy atom. The normalized spacial score (nSPS) is 37.3. The smallest absolute Gasteiger partial charge is 0.311 e. The molecule has 424 valence electrons. The molecule has 0 aliphatic carbocycles. The number of aliphatic hydroxyl groups is 3. The van der Waals surface area contributed by atoms with Gasteiger partial charge in [0, 0.05) is 82.9 Å². The van der Waals surface area contributed by atoms with E-state index in [1.165, 1.54) is 19.0 Å². The van der Waals surface area contributed by atoms with Crippen molar-refractivity contribution < 1.29 is 62.5 Å². The number of nitrogens with one attached hydrogen (secondary N) is 1. The van der Waals surface area contributed by atoms with E-state index in [1.807, 2.05) is 60.5 Å². The predicted octanol–water partition coefficient (Wildman–Crippen LogP) is 6.34. The van der Waals surface area contributed by atoms with E-state index in [1.54, 1.807) is 58.3 Å². The summed E-state index contributed by atoms with van der Waals surface area (Å²) in [7, 11) is 6.99. The van der Waals surface area contributed by atoms with Crippen LogP contribution in [-0.2, 0) is 42.7 Å². The molecule has 0 bridgehead atoms. The van der Waals surface area contributed by atoms with Crippen molar-refractivity contribution in [1.29, 1.82) is 0 Å². The van der Waals surface area contributed by atoms with Gasteiger partial charge in [0.1, 0.15) is 42.5 Å². The molecule has 18 atom stereocenters. The molecule has 0 radical (unpaired) electrons. The molecule has 1 aromatic carbocycles. The molecule has 0 unspecified atom stereocenters. The molecule has 0 saturated carbocycles. The number of esters is 1. The Morgan fingerprint density at radius 1 is 1.04 bits per heavy atom. The number of nitrogens with two attached hydrogens (primary N) is 1. The number of benzene rings is 1. The largest absolute Gasteiger partial charge is 0.459 e. The average Bonchev–Trinajstić information content (AvgIpc) is 3.34. The lowest BCUT2D eigenvalue weighted by Gasteiger charge is -2.47. The molecule has 0 aromatic heterocycles. The van der Waals surface area contributed by atoms with Gasteiger partial charge in [-0.15, -0.1) is 11.6 Å². The second kappa shape index (κ2) is 28.1. The van der Waals surface area contributed by atoms with Crippen molar-refractivity contribution in [3.63, 3.8) is 0 Å². The summed E-state index contributed by atoms with van der Waals surface area (Å²) >= 11 is 5.63. The predicted molar refractivity (Wildman–Crippen MR) is 284 cm³/mol. The lowest BCUT2D eigenvalue weighted by molar-refractivity contribution is -0.292. The molecule has 3 aliphatic rings. The highest BCUT2D eigenvalue weighted by atomic mass is 35.5. The molecular weight excluding hydrogens is 979 g/mol. The molecule has 3 saturated heterocycles. The van der Waals surface area contributed by atoms with Crippen molar-refractivity contribution in [3.05, 3.63) is 41.7 Å². The third kappa shape index (κ3) is 16.8. The van der Waals surface area contributed by atoms with Crippen LogP contribution in [0.4, 0.5) is 10.1 Å². The maximum Gasteiger partial charge on any atom is 0.311 e. The van der Waals surface area contributed by atoms with E-state index in [4.69, 9.17) is 50.6 Å². The van der Waals surface area contributed by atoms with Gasteiger partial charge in [-0.05, 0) is 112 Å². The first-order valence-corrected chi connectivity index (χ1v) is 26.9. The topological polar surface area (TPSA) is 220 Å². The fourth-order valence-electron chi connectivity index (χ4n) is 11.4. The Balaban J connectivity index is 1.63. The Morgan fingerprint density at radius 2 is 1.69 bits per heavy atom. The maximum absolute atomic E-state index is 14.8. The molecule has 1 amide bonds. The van der Waals surface area contributed by atoms with Gasteiger partial charge in [0.05, 0.1) is 47.2 Å². The fraction of sp³-hybridized carbons (Fsp3) is 0.796. The van der Waals surface area contributed by atoms with Crippen LogP contribution in [0.5, 0.6) is 0 Å². The number of cyclic esters (lactones) is 1. The van der Waals surface area contributed by atoms with E-state index in [2.05, 4.69) is 21.9 Å². The highest BCUT2D eigenvalue weighted by Gasteiger charge is 2.51. The van der Waals surface area contributed by atoms with Crippen LogP contribution in [0.15, 0.2) is 41.2 Å². The van der Waals surface area contributed by atoms with Gasteiger partial charge in [-0.3, -0.25) is 14.6 Å². The number of methoxy groups -OCH3 is 2. The number of hydrogen-bond acceptors (Lipinski definition) is 17. The van der Waals surface area contributed by atoms with Crippen LogP contribution in [-0.4, -0.2) is 187 Å². The number of aliphatic imine (C=N–C) groups is 1. The fourth-order valence-corrected chi connectivity index (χ4v) is 11.4. The monoisotopic (exact) mass is 1070 g/mol. The molecule has 3 aliphatic heterocycles. The highest BCUT2D eigenvalue weighted by molar-refractivity contribution is 6.29. The summed E-state index contributed by atoms with van der Waals surface area (Å²) < 4.78 is 59.5. The molecule has 74 heavy (non-hydrogen) atoms. The van der Waals surface area contributed by atoms with Crippen molar-refractivity contribution in [3.8, 4) is 0 Å². The number of aliphatic hydroxyl groups excluding tert-OH is 1. The number of amides is 1. The van der Waals surface area contributed by atoms with Gasteiger partial charge < -0.3 is 68.6 Å². The first-order chi connectivity index (χ1) is 34.7. The number of alkyl halides is 2. The van der Waals surface area contributed by atoms with Crippen LogP contribution in [0, 0.1) is 17.8 Å². The van der Waals surface area contributed by atoms with Gasteiger partial charge >= 0.3 is 5.97 Å². The van der Waals surface area contributed by atoms with Gasteiger partial charge in [-0.25, -0.2) is 10.2 Å². The summed E-state index contributed by atoms with van der Waals surface area (Å²) in [6, 6.07) is 5.30. The van der Waals surface area contributed by atoms with Crippen molar-refractivity contribution in [2.75, 3.05) is 59.3 Å². The Hall–Kier alpha value is -2.89. The quantitative estimate of drug-likeness (QED) is 0.0336. The Kier molecular flexibility index (Phi) is 24.2. The zero-order valence-electron chi connectivity index (χ0n) is 46.7. The van der Waals surface area contributed by atoms with Gasteiger partial charge in [0.25, 0.3) is 0 Å². The van der Waals surface area contributed by atoms with Crippen LogP contribution < -0.4 is 11.2 Å². The third-order valence-electron chi connectivity index (χ3n) is 15.8. The second-order valence-corrected chi connectivity index (χ2v) is 22.5. The summed E-state index contributed by atoms with van der Waals surface area (Å²) in [4.78, 5) is 34.7. The van der Waals surface area contributed by atoms with Gasteiger partial charge in [0.2, 0.25) is 5.91 Å². The zero-order valence-corrected chi connectivity index (χ0v) is 47.4. The van der Waals surface area contributed by atoms with Crippen LogP contribution in [0.2, 0.25) is 0 Å². The van der Waals surface area contributed by atoms with Crippen LogP contribution in [0.25, 0.3) is 0 Å². The Labute approximate surface area is 445 Å². The number of likely N-dealkylation sites (N-methyl/N-ethyl adjacent to an activating group) is 1. The molecule has 18 nitrogen and oxygen atoms in total. The maximum atomic E-state index is 14.8. The SMILES string of the molecule is C=N/C(=C\N(N)[C@H](CF)[C@H](OC)c1ccc(NC(=O)CCl)cc1)CCN(C)[C@@H]1C[C@H](O[C@@H]2[C@@H](C)[C@H](O[C@H]3C[C@@](C)(OC)C[C@H](C)O3)[C@@H](C)C(=O)O[C@H](CC)[C@@](C)(O)[C@H](O)[C@@H](C)N(C)C[C@H](C)C[C@@]2(C)O)O[C@H](C)C1. The minimum Gasteiger partial charge on any atom is -0.459 e. The minimum absolute atomic E-state index is 0.0518. The number of nitrogens with zero attached hydrogens (tertiary/aromatic N) is 4. The number of anilines is 1. The molecule has 6 N–H and O–H groups in total. The number of ether oxygens (including phenoxy) is 7. The lowest BCUT2D eigenvalue weighted by atomic mass is 9.77. The number of carbonyl (C=O) groups excluding carboxylic acids is 2. The van der Waals surface area contributed by atoms with Gasteiger partial charge in [0.15, 0.2) is 12.6 Å². The number of hydrogen-bond donors (Lipinski definition) is 5. The molecule has 4 rings (SSSR count). The summed E-state index contributed by atoms with van der Waals surface area (Å²) in [5.41, 5.74) is -2.19. The second-order valence-electron chi connectivity index (χ2n) is 22.2. The van der Waals surface area contributed by atoms with E-state index in [9.17, 15) is 29.3 Å². The number of carbonyl (C=O) groups is 2. The van der Waals surface area contributed by atoms with E-state index in [0.717, 1.165) is 0 Å². The van der Waals surface area contributed by atoms with E-state index >= 15 is 0 Å². The van der Waals surface area contributed by atoms with Crippen LogP contribution in [0.1, 0.15) is 126 Å². The molecular formula is C54H92ClFN6O12. The minimum atomic E-state index is -1.80.